The largest absolute Gasteiger partial charge is 0.548 e. The minimum Gasteiger partial charge on any atom is -0.548 e. The topological polar surface area (TPSA) is 86.4 Å². The third kappa shape index (κ3) is 37.7. The number of carbonyl (C=O) groups is 1. The Kier molecular flexibility index (Phi) is 39.0. The van der Waals surface area contributed by atoms with E-state index >= 15 is 0 Å². The summed E-state index contributed by atoms with van der Waals surface area (Å²) >= 11 is 0. The highest BCUT2D eigenvalue weighted by atomic mass is 16.4. The zero-order valence-electron chi connectivity index (χ0n) is 31.4. The number of aliphatic carboxylic acids is 1. The average molecular weight is 641 g/mol. The number of rotatable bonds is 35. The van der Waals surface area contributed by atoms with Gasteiger partial charge in [-0.2, -0.15) is 0 Å². The van der Waals surface area contributed by atoms with Crippen LogP contribution in [0.1, 0.15) is 213 Å². The number of nitrogens with two attached hydrogens (primary N) is 1. The molecule has 0 unspecified atom stereocenters. The molecule has 5 heteroatoms. The summed E-state index contributed by atoms with van der Waals surface area (Å²) in [6.07, 6.45) is 43.8. The van der Waals surface area contributed by atoms with Gasteiger partial charge >= 0.3 is 0 Å². The van der Waals surface area contributed by atoms with Gasteiger partial charge in [0.25, 0.3) is 0 Å². The first-order chi connectivity index (χ1) is 21.9. The van der Waals surface area contributed by atoms with E-state index in [-0.39, 0.29) is 0 Å². The van der Waals surface area contributed by atoms with E-state index in [9.17, 15) is 9.90 Å². The molecular weight excluding hydrogens is 556 g/mol. The van der Waals surface area contributed by atoms with Crippen molar-refractivity contribution in [2.75, 3.05) is 33.3 Å². The summed E-state index contributed by atoms with van der Waals surface area (Å²) < 4.78 is 1.37. The average Bonchev–Trinajstić information content (AvgIpc) is 3.03. The van der Waals surface area contributed by atoms with E-state index in [1.165, 1.54) is 217 Å². The van der Waals surface area contributed by atoms with Gasteiger partial charge in [-0.1, -0.05) is 175 Å². The van der Waals surface area contributed by atoms with Crippen molar-refractivity contribution < 1.29 is 19.5 Å². The molecule has 0 saturated heterocycles. The van der Waals surface area contributed by atoms with Crippen LogP contribution in [0.2, 0.25) is 0 Å². The van der Waals surface area contributed by atoms with Crippen molar-refractivity contribution in [3.8, 4) is 0 Å². The lowest BCUT2D eigenvalue weighted by Gasteiger charge is -2.35. The predicted octanol–water partition coefficient (Wildman–Crippen LogP) is 10.3. The Morgan fingerprint density at radius 1 is 0.489 bits per heavy atom. The maximum atomic E-state index is 9.53. The summed E-state index contributed by atoms with van der Waals surface area (Å²) in [7, 11) is 2.61. The minimum absolute atomic E-state index is 0.567. The second kappa shape index (κ2) is 37.8. The minimum atomic E-state index is -1.43. The van der Waals surface area contributed by atoms with Crippen molar-refractivity contribution in [2.24, 2.45) is 5.73 Å². The Bertz CT molecular complexity index is 512. The predicted molar refractivity (Wildman–Crippen MR) is 196 cm³/mol. The number of hydrogen-bond donors (Lipinski definition) is 2. The number of quaternary nitrogens is 1. The first-order valence-electron chi connectivity index (χ1n) is 20.3. The molecule has 0 radical (unpaired) electrons. The second-order valence-corrected chi connectivity index (χ2v) is 14.4. The molecule has 3 N–H and O–H groups in total. The number of hydrogen-bond acceptors (Lipinski definition) is 4. The standard InChI is InChI=1S/C37H78N.C3H7NO3/c1-5-8-11-14-17-20-23-26-29-32-35-38(4,36-33-30-27-24-21-18-15-12-9-6-2)37-34-31-28-25-22-19-16-13-10-7-3;4-2(1-5)3(6)7/h5-37H2,1-4H3;2,5H,1,4H2,(H,6,7)/q+1;/p-1/t;2-/m.0/s1. The molecule has 45 heavy (non-hydrogen) atoms. The van der Waals surface area contributed by atoms with Gasteiger partial charge in [0.1, 0.15) is 0 Å². The summed E-state index contributed by atoms with van der Waals surface area (Å²) in [5, 5.41) is 17.5. The van der Waals surface area contributed by atoms with Crippen molar-refractivity contribution in [2.45, 2.75) is 219 Å². The quantitative estimate of drug-likeness (QED) is 0.0533. The molecule has 0 amide bonds. The Labute approximate surface area is 283 Å². The number of aliphatic hydroxyl groups excluding tert-OH is 1. The molecule has 0 spiro atoms. The third-order valence-electron chi connectivity index (χ3n) is 9.65. The fraction of sp³-hybridized carbons (Fsp3) is 0.975. The van der Waals surface area contributed by atoms with Crippen LogP contribution in [0.3, 0.4) is 0 Å². The number of aliphatic hydroxyl groups is 1. The second-order valence-electron chi connectivity index (χ2n) is 14.4. The molecule has 0 aliphatic heterocycles. The van der Waals surface area contributed by atoms with Gasteiger partial charge in [-0.15, -0.1) is 0 Å². The van der Waals surface area contributed by atoms with E-state index in [1.807, 2.05) is 0 Å². The van der Waals surface area contributed by atoms with Crippen LogP contribution >= 0.6 is 0 Å². The molecule has 0 aromatic carbocycles. The molecule has 1 atom stereocenters. The van der Waals surface area contributed by atoms with Crippen LogP contribution in [0.5, 0.6) is 0 Å². The maximum Gasteiger partial charge on any atom is 0.0784 e. The zero-order chi connectivity index (χ0) is 33.7. The van der Waals surface area contributed by atoms with Gasteiger partial charge in [-0.3, -0.25) is 0 Å². The normalized spacial score (nSPS) is 12.2. The fourth-order valence-corrected chi connectivity index (χ4v) is 6.35. The highest BCUT2D eigenvalue weighted by Gasteiger charge is 2.20. The van der Waals surface area contributed by atoms with Crippen molar-refractivity contribution in [3.05, 3.63) is 0 Å². The van der Waals surface area contributed by atoms with Gasteiger partial charge in [0.15, 0.2) is 0 Å². The van der Waals surface area contributed by atoms with Crippen molar-refractivity contribution >= 4 is 5.97 Å². The molecule has 0 aromatic heterocycles. The van der Waals surface area contributed by atoms with Gasteiger partial charge in [0.05, 0.1) is 45.3 Å². The number of carboxylic acid groups (broad SMARTS) is 1. The maximum absolute atomic E-state index is 9.53. The fourth-order valence-electron chi connectivity index (χ4n) is 6.35. The van der Waals surface area contributed by atoms with Crippen LogP contribution in [-0.4, -0.2) is 54.9 Å². The number of unbranched alkanes of at least 4 members (excludes halogenated alkanes) is 27. The Hall–Kier alpha value is -0.650. The molecule has 0 heterocycles. The summed E-state index contributed by atoms with van der Waals surface area (Å²) in [5.74, 6) is -1.43. The monoisotopic (exact) mass is 641 g/mol. The summed E-state index contributed by atoms with van der Waals surface area (Å²) in [6.45, 7) is 10.7. The van der Waals surface area contributed by atoms with E-state index in [1.54, 1.807) is 0 Å². The zero-order valence-corrected chi connectivity index (χ0v) is 31.4. The lowest BCUT2D eigenvalue weighted by Crippen LogP contribution is -2.46. The van der Waals surface area contributed by atoms with Gasteiger partial charge in [0, 0.05) is 0 Å². The van der Waals surface area contributed by atoms with E-state index < -0.39 is 18.6 Å². The molecule has 5 nitrogen and oxygen atoms in total. The molecule has 0 rings (SSSR count). The number of carboxylic acids is 1. The molecule has 0 aliphatic carbocycles. The molecule has 0 aliphatic rings. The molecule has 272 valence electrons. The first kappa shape index (κ1) is 46.5. The van der Waals surface area contributed by atoms with Crippen molar-refractivity contribution in [1.82, 2.24) is 0 Å². The lowest BCUT2D eigenvalue weighted by atomic mass is 10.0. The highest BCUT2D eigenvalue weighted by Crippen LogP contribution is 2.18. The lowest BCUT2D eigenvalue weighted by molar-refractivity contribution is -0.910. The van der Waals surface area contributed by atoms with Crippen LogP contribution in [0.4, 0.5) is 0 Å². The summed E-state index contributed by atoms with van der Waals surface area (Å²) in [5.41, 5.74) is 4.70. The summed E-state index contributed by atoms with van der Waals surface area (Å²) in [4.78, 5) is 9.53. The smallest absolute Gasteiger partial charge is 0.0784 e. The Morgan fingerprint density at radius 2 is 0.689 bits per heavy atom. The SMILES string of the molecule is CCCCCCCCCCCC[N+](C)(CCCCCCCCCCCC)CCCCCCCCCCCC.N[C@@H](CO)C(=O)[O-]. The first-order valence-corrected chi connectivity index (χ1v) is 20.3. The van der Waals surface area contributed by atoms with E-state index in [0.717, 1.165) is 0 Å². The van der Waals surface area contributed by atoms with E-state index in [0.29, 0.717) is 0 Å². The molecule has 0 saturated carbocycles. The van der Waals surface area contributed by atoms with Gasteiger partial charge < -0.3 is 25.2 Å². The Balaban J connectivity index is 0. The summed E-state index contributed by atoms with van der Waals surface area (Å²) in [6, 6.07) is -1.24. The van der Waals surface area contributed by atoms with E-state index in [4.69, 9.17) is 10.8 Å². The molecule has 0 fully saturated rings. The van der Waals surface area contributed by atoms with Gasteiger partial charge in [0.2, 0.25) is 0 Å². The van der Waals surface area contributed by atoms with Crippen molar-refractivity contribution in [1.29, 1.82) is 0 Å². The van der Waals surface area contributed by atoms with Crippen LogP contribution in [0.25, 0.3) is 0 Å². The van der Waals surface area contributed by atoms with Crippen LogP contribution in [-0.2, 0) is 4.79 Å². The molecule has 0 bridgehead atoms. The third-order valence-corrected chi connectivity index (χ3v) is 9.65. The van der Waals surface area contributed by atoms with Crippen LogP contribution in [0, 0.1) is 0 Å². The number of carbonyl (C=O) groups excluding carboxylic acids is 1. The highest BCUT2D eigenvalue weighted by molar-refractivity contribution is 5.70. The van der Waals surface area contributed by atoms with Gasteiger partial charge in [-0.05, 0) is 38.5 Å². The van der Waals surface area contributed by atoms with Crippen LogP contribution in [0.15, 0.2) is 0 Å². The van der Waals surface area contributed by atoms with E-state index in [2.05, 4.69) is 27.8 Å². The molecule has 0 aromatic rings. The van der Waals surface area contributed by atoms with Crippen molar-refractivity contribution in [3.63, 3.8) is 0 Å². The van der Waals surface area contributed by atoms with Gasteiger partial charge in [-0.25, -0.2) is 0 Å². The molecular formula is C40H84N2O3. The Morgan fingerprint density at radius 3 is 0.844 bits per heavy atom. The van der Waals surface area contributed by atoms with Crippen LogP contribution < -0.4 is 10.8 Å². The number of nitrogens with zero attached hydrogens (tertiary/aromatic N) is 1.